The number of hydrogen-bond acceptors (Lipinski definition) is 3. The summed E-state index contributed by atoms with van der Waals surface area (Å²) in [6, 6.07) is 6.86. The van der Waals surface area contributed by atoms with Gasteiger partial charge in [0.05, 0.1) is 23.1 Å². The van der Waals surface area contributed by atoms with Gasteiger partial charge in [-0.25, -0.2) is 4.98 Å². The van der Waals surface area contributed by atoms with Gasteiger partial charge in [0, 0.05) is 0 Å². The highest BCUT2D eigenvalue weighted by Gasteiger charge is 2.24. The molecular formula is C17H22N4. The Morgan fingerprint density at radius 3 is 2.57 bits per heavy atom. The van der Waals surface area contributed by atoms with Crippen LogP contribution in [0.1, 0.15) is 42.8 Å². The Balaban J connectivity index is 2.12. The Bertz CT molecular complexity index is 702. The number of benzene rings is 1. The summed E-state index contributed by atoms with van der Waals surface area (Å²) in [6.07, 6.45) is 2.53. The molecule has 2 aromatic rings. The van der Waals surface area contributed by atoms with Gasteiger partial charge in [-0.2, -0.15) is 5.26 Å². The molecule has 1 atom stereocenters. The van der Waals surface area contributed by atoms with Crippen molar-refractivity contribution in [3.63, 3.8) is 0 Å². The summed E-state index contributed by atoms with van der Waals surface area (Å²) in [4.78, 5) is 7.31. The molecule has 2 heterocycles. The van der Waals surface area contributed by atoms with Crippen LogP contribution in [0.25, 0.3) is 11.0 Å². The van der Waals surface area contributed by atoms with Gasteiger partial charge in [-0.15, -0.1) is 0 Å². The third kappa shape index (κ3) is 2.43. The highest BCUT2D eigenvalue weighted by atomic mass is 15.2. The predicted octanol–water partition coefficient (Wildman–Crippen LogP) is 3.33. The molecule has 4 nitrogen and oxygen atoms in total. The quantitative estimate of drug-likeness (QED) is 0.867. The second-order valence-corrected chi connectivity index (χ2v) is 6.06. The molecule has 0 amide bonds. The van der Waals surface area contributed by atoms with Gasteiger partial charge in [-0.3, -0.25) is 4.90 Å². The first-order valence-electron chi connectivity index (χ1n) is 7.70. The standard InChI is InChI=1S/C17H22N4/c1-12-10-15-16(11-13(12)2)21(9-6-18)17(19-15)14(3)20-7-4-5-8-20/h10-11,14H,4-5,7-9H2,1-3H3. The third-order valence-electron chi connectivity index (χ3n) is 4.68. The molecule has 110 valence electrons. The average Bonchev–Trinajstić information content (AvgIpc) is 3.09. The zero-order chi connectivity index (χ0) is 15.0. The first kappa shape index (κ1) is 14.1. The van der Waals surface area contributed by atoms with Gasteiger partial charge < -0.3 is 4.57 Å². The van der Waals surface area contributed by atoms with Crippen molar-refractivity contribution >= 4 is 11.0 Å². The van der Waals surface area contributed by atoms with Gasteiger partial charge in [-0.1, -0.05) is 0 Å². The fraction of sp³-hybridized carbons (Fsp3) is 0.529. The monoisotopic (exact) mass is 282 g/mol. The van der Waals surface area contributed by atoms with Gasteiger partial charge in [0.15, 0.2) is 0 Å². The molecule has 3 rings (SSSR count). The second-order valence-electron chi connectivity index (χ2n) is 6.06. The molecule has 1 unspecified atom stereocenters. The molecule has 1 aliphatic rings. The van der Waals surface area contributed by atoms with Crippen LogP contribution in [0.2, 0.25) is 0 Å². The van der Waals surface area contributed by atoms with E-state index in [1.807, 2.05) is 0 Å². The van der Waals surface area contributed by atoms with Crippen LogP contribution in [0.15, 0.2) is 12.1 Å². The molecule has 0 N–H and O–H groups in total. The van der Waals surface area contributed by atoms with Crippen molar-refractivity contribution in [1.82, 2.24) is 14.5 Å². The van der Waals surface area contributed by atoms with Crippen LogP contribution < -0.4 is 0 Å². The van der Waals surface area contributed by atoms with E-state index in [1.165, 1.54) is 24.0 Å². The molecule has 1 saturated heterocycles. The van der Waals surface area contributed by atoms with Crippen molar-refractivity contribution in [2.75, 3.05) is 13.1 Å². The fourth-order valence-corrected chi connectivity index (χ4v) is 3.25. The van der Waals surface area contributed by atoms with Gasteiger partial charge in [0.25, 0.3) is 0 Å². The Hall–Kier alpha value is -1.86. The van der Waals surface area contributed by atoms with Gasteiger partial charge in [0.1, 0.15) is 12.4 Å². The van der Waals surface area contributed by atoms with E-state index in [-0.39, 0.29) is 6.04 Å². The van der Waals surface area contributed by atoms with Crippen LogP contribution in [0.4, 0.5) is 0 Å². The van der Waals surface area contributed by atoms with E-state index in [2.05, 4.69) is 48.4 Å². The first-order valence-corrected chi connectivity index (χ1v) is 7.70. The maximum Gasteiger partial charge on any atom is 0.127 e. The minimum Gasteiger partial charge on any atom is -0.313 e. The lowest BCUT2D eigenvalue weighted by molar-refractivity contribution is 0.249. The number of aromatic nitrogens is 2. The number of hydrogen-bond donors (Lipinski definition) is 0. The first-order chi connectivity index (χ1) is 10.1. The number of nitriles is 1. The van der Waals surface area contributed by atoms with E-state index in [0.29, 0.717) is 6.54 Å². The van der Waals surface area contributed by atoms with Crippen LogP contribution in [-0.4, -0.2) is 27.5 Å². The molecule has 0 bridgehead atoms. The number of rotatable bonds is 3. The molecule has 1 aliphatic heterocycles. The average molecular weight is 282 g/mol. The largest absolute Gasteiger partial charge is 0.313 e. The van der Waals surface area contributed by atoms with Crippen LogP contribution >= 0.6 is 0 Å². The Labute approximate surface area is 126 Å². The molecule has 1 aromatic carbocycles. The highest BCUT2D eigenvalue weighted by Crippen LogP contribution is 2.28. The zero-order valence-electron chi connectivity index (χ0n) is 13.1. The van der Waals surface area contributed by atoms with Crippen molar-refractivity contribution in [2.45, 2.75) is 46.2 Å². The summed E-state index contributed by atoms with van der Waals surface area (Å²) >= 11 is 0. The maximum atomic E-state index is 9.18. The lowest BCUT2D eigenvalue weighted by Crippen LogP contribution is -2.26. The molecule has 0 aliphatic carbocycles. The summed E-state index contributed by atoms with van der Waals surface area (Å²) in [5, 5.41) is 9.18. The van der Waals surface area contributed by atoms with Crippen molar-refractivity contribution in [3.8, 4) is 6.07 Å². The predicted molar refractivity (Wildman–Crippen MR) is 84.0 cm³/mol. The second kappa shape index (κ2) is 5.50. The molecular weight excluding hydrogens is 260 g/mol. The normalized spacial score (nSPS) is 17.2. The van der Waals surface area contributed by atoms with E-state index in [1.54, 1.807) is 0 Å². The molecule has 1 aromatic heterocycles. The summed E-state index contributed by atoms with van der Waals surface area (Å²) in [7, 11) is 0. The lowest BCUT2D eigenvalue weighted by atomic mass is 10.1. The lowest BCUT2D eigenvalue weighted by Gasteiger charge is -2.23. The van der Waals surface area contributed by atoms with E-state index in [9.17, 15) is 5.26 Å². The number of nitrogens with zero attached hydrogens (tertiary/aromatic N) is 4. The Morgan fingerprint density at radius 2 is 1.90 bits per heavy atom. The summed E-state index contributed by atoms with van der Waals surface area (Å²) < 4.78 is 2.09. The van der Waals surface area contributed by atoms with E-state index in [0.717, 1.165) is 29.9 Å². The molecule has 0 saturated carbocycles. The number of likely N-dealkylation sites (tertiary alicyclic amines) is 1. The molecule has 21 heavy (non-hydrogen) atoms. The third-order valence-corrected chi connectivity index (χ3v) is 4.68. The summed E-state index contributed by atoms with van der Waals surface area (Å²) in [5.74, 6) is 1.03. The van der Waals surface area contributed by atoms with Gasteiger partial charge in [0.2, 0.25) is 0 Å². The van der Waals surface area contributed by atoms with Gasteiger partial charge in [-0.05, 0) is 70.0 Å². The molecule has 0 spiro atoms. The number of aryl methyl sites for hydroxylation is 2. The summed E-state index contributed by atoms with van der Waals surface area (Å²) in [6.45, 7) is 9.07. The minimum absolute atomic E-state index is 0.272. The van der Waals surface area contributed by atoms with Crippen LogP contribution in [0.3, 0.4) is 0 Å². The molecule has 0 radical (unpaired) electrons. The SMILES string of the molecule is Cc1cc2nc(C(C)N3CCCC3)n(CC#N)c2cc1C. The molecule has 1 fully saturated rings. The maximum absolute atomic E-state index is 9.18. The van der Waals surface area contributed by atoms with Crippen molar-refractivity contribution in [3.05, 3.63) is 29.1 Å². The smallest absolute Gasteiger partial charge is 0.127 e. The topological polar surface area (TPSA) is 44.9 Å². The van der Waals surface area contributed by atoms with Crippen molar-refractivity contribution in [1.29, 1.82) is 5.26 Å². The molecule has 4 heteroatoms. The summed E-state index contributed by atoms with van der Waals surface area (Å²) in [5.41, 5.74) is 4.60. The van der Waals surface area contributed by atoms with Gasteiger partial charge >= 0.3 is 0 Å². The zero-order valence-corrected chi connectivity index (χ0v) is 13.1. The Morgan fingerprint density at radius 1 is 1.24 bits per heavy atom. The van der Waals surface area contributed by atoms with E-state index >= 15 is 0 Å². The number of fused-ring (bicyclic) bond motifs is 1. The minimum atomic E-state index is 0.272. The van der Waals surface area contributed by atoms with Crippen LogP contribution in [0.5, 0.6) is 0 Å². The van der Waals surface area contributed by atoms with E-state index in [4.69, 9.17) is 4.98 Å². The fourth-order valence-electron chi connectivity index (χ4n) is 3.25. The van der Waals surface area contributed by atoms with Crippen molar-refractivity contribution < 1.29 is 0 Å². The van der Waals surface area contributed by atoms with E-state index < -0.39 is 0 Å². The number of imidazole rings is 1. The highest BCUT2D eigenvalue weighted by molar-refractivity contribution is 5.78. The van der Waals surface area contributed by atoms with Crippen molar-refractivity contribution in [2.24, 2.45) is 0 Å². The Kier molecular flexibility index (Phi) is 3.69. The van der Waals surface area contributed by atoms with Crippen LogP contribution in [0, 0.1) is 25.2 Å². The van der Waals surface area contributed by atoms with Crippen LogP contribution in [-0.2, 0) is 6.54 Å².